The summed E-state index contributed by atoms with van der Waals surface area (Å²) < 4.78 is 0. The number of aliphatic hydroxyl groups excluding tert-OH is 1. The number of likely N-dealkylation sites (tertiary alicyclic amines) is 1. The monoisotopic (exact) mass is 215 g/mol. The van der Waals surface area contributed by atoms with E-state index in [1.165, 1.54) is 6.42 Å². The van der Waals surface area contributed by atoms with Crippen LogP contribution < -0.4 is 10.6 Å². The molecule has 0 aliphatic carbocycles. The van der Waals surface area contributed by atoms with Crippen LogP contribution in [0.5, 0.6) is 0 Å². The Morgan fingerprint density at radius 2 is 2.33 bits per heavy atom. The van der Waals surface area contributed by atoms with Gasteiger partial charge < -0.3 is 20.6 Å². The minimum atomic E-state index is -0.495. The number of hydrogen-bond acceptors (Lipinski definition) is 3. The van der Waals surface area contributed by atoms with Crippen molar-refractivity contribution in [2.24, 2.45) is 0 Å². The van der Waals surface area contributed by atoms with Crippen molar-refractivity contribution in [3.05, 3.63) is 0 Å². The molecular formula is C10H21N3O2. The maximum atomic E-state index is 11.3. The average molecular weight is 215 g/mol. The van der Waals surface area contributed by atoms with Crippen molar-refractivity contribution < 1.29 is 9.90 Å². The maximum Gasteiger partial charge on any atom is 0.314 e. The lowest BCUT2D eigenvalue weighted by atomic mass is 10.2. The fourth-order valence-electron chi connectivity index (χ4n) is 1.75. The molecular weight excluding hydrogens is 194 g/mol. The van der Waals surface area contributed by atoms with E-state index in [1.54, 1.807) is 6.92 Å². The van der Waals surface area contributed by atoms with Crippen molar-refractivity contribution in [2.45, 2.75) is 31.9 Å². The number of nitrogens with one attached hydrogen (secondary N) is 2. The standard InChI is InChI=1S/C10H21N3O2/c1-8(14)6-11-10(15)12-7-9-4-3-5-13(9)2/h8-9,14H,3-7H2,1-2H3,(H2,11,12,15). The van der Waals surface area contributed by atoms with Gasteiger partial charge in [-0.25, -0.2) is 4.79 Å². The molecule has 0 radical (unpaired) electrons. The van der Waals surface area contributed by atoms with Crippen LogP contribution >= 0.6 is 0 Å². The molecule has 2 atom stereocenters. The first-order valence-electron chi connectivity index (χ1n) is 5.49. The quantitative estimate of drug-likeness (QED) is 0.606. The van der Waals surface area contributed by atoms with Crippen molar-refractivity contribution in [3.8, 4) is 0 Å². The summed E-state index contributed by atoms with van der Waals surface area (Å²) in [6, 6.07) is 0.262. The van der Waals surface area contributed by atoms with Crippen molar-refractivity contribution in [1.29, 1.82) is 0 Å². The van der Waals surface area contributed by atoms with Gasteiger partial charge in [-0.15, -0.1) is 0 Å². The maximum absolute atomic E-state index is 11.3. The summed E-state index contributed by atoms with van der Waals surface area (Å²) in [7, 11) is 2.08. The van der Waals surface area contributed by atoms with Crippen LogP contribution in [0.25, 0.3) is 0 Å². The molecule has 1 aliphatic heterocycles. The molecule has 1 saturated heterocycles. The molecule has 1 rings (SSSR count). The average Bonchev–Trinajstić information content (AvgIpc) is 2.58. The summed E-state index contributed by atoms with van der Waals surface area (Å²) in [6.45, 7) is 3.74. The Balaban J connectivity index is 2.11. The van der Waals surface area contributed by atoms with E-state index in [1.807, 2.05) is 0 Å². The third-order valence-electron chi connectivity index (χ3n) is 2.73. The van der Waals surface area contributed by atoms with Crippen LogP contribution in [-0.4, -0.2) is 54.9 Å². The number of aliphatic hydroxyl groups is 1. The zero-order chi connectivity index (χ0) is 11.3. The molecule has 1 fully saturated rings. The van der Waals surface area contributed by atoms with Gasteiger partial charge in [-0.1, -0.05) is 0 Å². The largest absolute Gasteiger partial charge is 0.392 e. The van der Waals surface area contributed by atoms with E-state index in [4.69, 9.17) is 5.11 Å². The number of nitrogens with zero attached hydrogens (tertiary/aromatic N) is 1. The number of carbonyl (C=O) groups is 1. The molecule has 2 unspecified atom stereocenters. The Bertz CT molecular complexity index is 209. The van der Waals surface area contributed by atoms with Crippen molar-refractivity contribution >= 4 is 6.03 Å². The van der Waals surface area contributed by atoms with Gasteiger partial charge in [-0.05, 0) is 33.4 Å². The predicted molar refractivity (Wildman–Crippen MR) is 58.7 cm³/mol. The van der Waals surface area contributed by atoms with Gasteiger partial charge in [0.2, 0.25) is 0 Å². The fourth-order valence-corrected chi connectivity index (χ4v) is 1.75. The molecule has 1 aliphatic rings. The molecule has 1 heterocycles. The van der Waals surface area contributed by atoms with Gasteiger partial charge >= 0.3 is 6.03 Å². The Morgan fingerprint density at radius 1 is 1.60 bits per heavy atom. The number of urea groups is 1. The molecule has 0 aromatic heterocycles. The topological polar surface area (TPSA) is 64.6 Å². The third-order valence-corrected chi connectivity index (χ3v) is 2.73. The van der Waals surface area contributed by atoms with Gasteiger partial charge in [0, 0.05) is 19.1 Å². The second-order valence-electron chi connectivity index (χ2n) is 4.22. The number of amides is 2. The van der Waals surface area contributed by atoms with Gasteiger partial charge in [-0.3, -0.25) is 0 Å². The normalized spacial score (nSPS) is 23.8. The third kappa shape index (κ3) is 4.48. The lowest BCUT2D eigenvalue weighted by Gasteiger charge is -2.19. The molecule has 0 aromatic rings. The summed E-state index contributed by atoms with van der Waals surface area (Å²) >= 11 is 0. The lowest BCUT2D eigenvalue weighted by molar-refractivity contribution is 0.186. The molecule has 88 valence electrons. The minimum absolute atomic E-state index is 0.198. The zero-order valence-corrected chi connectivity index (χ0v) is 9.49. The zero-order valence-electron chi connectivity index (χ0n) is 9.49. The van der Waals surface area contributed by atoms with E-state index in [-0.39, 0.29) is 6.03 Å². The predicted octanol–water partition coefficient (Wildman–Crippen LogP) is -0.239. The second-order valence-corrected chi connectivity index (χ2v) is 4.22. The number of hydrogen-bond donors (Lipinski definition) is 3. The highest BCUT2D eigenvalue weighted by Gasteiger charge is 2.20. The molecule has 5 nitrogen and oxygen atoms in total. The van der Waals surface area contributed by atoms with Gasteiger partial charge in [0.25, 0.3) is 0 Å². The second kappa shape index (κ2) is 5.92. The van der Waals surface area contributed by atoms with Crippen LogP contribution in [0, 0.1) is 0 Å². The number of rotatable bonds is 4. The Hall–Kier alpha value is -0.810. The van der Waals surface area contributed by atoms with E-state index >= 15 is 0 Å². The van der Waals surface area contributed by atoms with Gasteiger partial charge in [-0.2, -0.15) is 0 Å². The van der Waals surface area contributed by atoms with E-state index in [0.717, 1.165) is 13.0 Å². The summed E-state index contributed by atoms with van der Waals surface area (Å²) in [5.41, 5.74) is 0. The number of carbonyl (C=O) groups excluding carboxylic acids is 1. The first kappa shape index (κ1) is 12.3. The van der Waals surface area contributed by atoms with Crippen LogP contribution in [0.15, 0.2) is 0 Å². The van der Waals surface area contributed by atoms with E-state index < -0.39 is 6.10 Å². The smallest absolute Gasteiger partial charge is 0.314 e. The van der Waals surface area contributed by atoms with Crippen molar-refractivity contribution in [3.63, 3.8) is 0 Å². The summed E-state index contributed by atoms with van der Waals surface area (Å²) in [6.07, 6.45) is 1.86. The van der Waals surface area contributed by atoms with Crippen molar-refractivity contribution in [2.75, 3.05) is 26.7 Å². The SMILES string of the molecule is CC(O)CNC(=O)NCC1CCCN1C. The fraction of sp³-hybridized carbons (Fsp3) is 0.900. The molecule has 3 N–H and O–H groups in total. The first-order chi connectivity index (χ1) is 7.09. The summed E-state index contributed by atoms with van der Waals surface area (Å²) in [4.78, 5) is 13.5. The number of likely N-dealkylation sites (N-methyl/N-ethyl adjacent to an activating group) is 1. The van der Waals surface area contributed by atoms with Crippen LogP contribution in [0.3, 0.4) is 0 Å². The van der Waals surface area contributed by atoms with Gasteiger partial charge in [0.1, 0.15) is 0 Å². The highest BCUT2D eigenvalue weighted by molar-refractivity contribution is 5.73. The van der Waals surface area contributed by atoms with E-state index in [0.29, 0.717) is 19.1 Å². The molecule has 0 spiro atoms. The van der Waals surface area contributed by atoms with Gasteiger partial charge in [0.05, 0.1) is 6.10 Å². The summed E-state index contributed by atoms with van der Waals surface area (Å²) in [5.74, 6) is 0. The highest BCUT2D eigenvalue weighted by Crippen LogP contribution is 2.13. The summed E-state index contributed by atoms with van der Waals surface area (Å²) in [5, 5.41) is 14.4. The minimum Gasteiger partial charge on any atom is -0.392 e. The van der Waals surface area contributed by atoms with Crippen molar-refractivity contribution in [1.82, 2.24) is 15.5 Å². The van der Waals surface area contributed by atoms with Crippen LogP contribution in [0.1, 0.15) is 19.8 Å². The molecule has 0 saturated carbocycles. The molecule has 2 amide bonds. The van der Waals surface area contributed by atoms with Crippen LogP contribution in [-0.2, 0) is 0 Å². The molecule has 5 heteroatoms. The van der Waals surface area contributed by atoms with E-state index in [9.17, 15) is 4.79 Å². The Morgan fingerprint density at radius 3 is 2.87 bits per heavy atom. The highest BCUT2D eigenvalue weighted by atomic mass is 16.3. The van der Waals surface area contributed by atoms with Crippen LogP contribution in [0.2, 0.25) is 0 Å². The Kier molecular flexibility index (Phi) is 4.84. The molecule has 15 heavy (non-hydrogen) atoms. The molecule has 0 bridgehead atoms. The Labute approximate surface area is 90.8 Å². The van der Waals surface area contributed by atoms with Gasteiger partial charge in [0.15, 0.2) is 0 Å². The van der Waals surface area contributed by atoms with Crippen LogP contribution in [0.4, 0.5) is 4.79 Å². The lowest BCUT2D eigenvalue weighted by Crippen LogP contribution is -2.44. The first-order valence-corrected chi connectivity index (χ1v) is 5.49. The van der Waals surface area contributed by atoms with E-state index in [2.05, 4.69) is 22.6 Å². The molecule has 0 aromatic carbocycles.